The predicted octanol–water partition coefficient (Wildman–Crippen LogP) is 3.69. The zero-order chi connectivity index (χ0) is 19.8. The predicted molar refractivity (Wildman–Crippen MR) is 108 cm³/mol. The number of rotatable bonds is 6. The number of ether oxygens (including phenoxy) is 1. The van der Waals surface area contributed by atoms with Crippen LogP contribution in [0.1, 0.15) is 0 Å². The van der Waals surface area contributed by atoms with Crippen molar-refractivity contribution in [1.29, 1.82) is 0 Å². The van der Waals surface area contributed by atoms with E-state index in [2.05, 4.69) is 27.8 Å². The van der Waals surface area contributed by atoms with Crippen LogP contribution in [0.5, 0.6) is 5.75 Å². The zero-order valence-corrected chi connectivity index (χ0v) is 15.8. The van der Waals surface area contributed by atoms with Gasteiger partial charge in [-0.15, -0.1) is 0 Å². The van der Waals surface area contributed by atoms with E-state index in [0.717, 1.165) is 28.8 Å². The molecule has 0 saturated carbocycles. The van der Waals surface area contributed by atoms with Crippen molar-refractivity contribution >= 4 is 34.3 Å². The van der Waals surface area contributed by atoms with Crippen LogP contribution in [0.2, 0.25) is 0 Å². The summed E-state index contributed by atoms with van der Waals surface area (Å²) in [6.45, 7) is 0.705. The van der Waals surface area contributed by atoms with Crippen LogP contribution in [0, 0.1) is 11.6 Å². The molecule has 3 rings (SSSR count). The molecule has 0 fully saturated rings. The van der Waals surface area contributed by atoms with Gasteiger partial charge < -0.3 is 25.5 Å². The topological polar surface area (TPSA) is 69.3 Å². The number of H-pyrrole nitrogens is 1. The second-order valence-corrected chi connectivity index (χ2v) is 5.73. The molecule has 5 nitrogen and oxygen atoms in total. The number of methoxy groups -OCH3 is 1. The number of halogens is 2. The number of thiocarbonyl (C=S) groups is 1. The molecule has 0 spiro atoms. The highest BCUT2D eigenvalue weighted by Crippen LogP contribution is 2.31. The Morgan fingerprint density at radius 2 is 1.93 bits per heavy atom. The van der Waals surface area contributed by atoms with E-state index in [4.69, 9.17) is 9.84 Å². The van der Waals surface area contributed by atoms with E-state index in [1.54, 1.807) is 20.2 Å². The minimum atomic E-state index is -0.860. The van der Waals surface area contributed by atoms with Gasteiger partial charge in [-0.25, -0.2) is 8.78 Å². The molecule has 0 aliphatic carbocycles. The number of anilines is 1. The third kappa shape index (κ3) is 5.15. The van der Waals surface area contributed by atoms with E-state index in [1.165, 1.54) is 11.6 Å². The van der Waals surface area contributed by atoms with E-state index in [9.17, 15) is 8.78 Å². The van der Waals surface area contributed by atoms with Gasteiger partial charge in [0.2, 0.25) is 0 Å². The van der Waals surface area contributed by atoms with Gasteiger partial charge >= 0.3 is 0 Å². The molecule has 0 amide bonds. The second-order valence-electron chi connectivity index (χ2n) is 5.50. The lowest BCUT2D eigenvalue weighted by Crippen LogP contribution is -2.13. The Morgan fingerprint density at radius 3 is 2.52 bits per heavy atom. The molecule has 0 aliphatic rings. The van der Waals surface area contributed by atoms with Crippen LogP contribution in [0.4, 0.5) is 14.5 Å². The van der Waals surface area contributed by atoms with Gasteiger partial charge in [-0.1, -0.05) is 12.2 Å². The highest BCUT2D eigenvalue weighted by atomic mass is 32.1. The molecule has 0 bridgehead atoms. The Labute approximate surface area is 161 Å². The first-order valence-electron chi connectivity index (χ1n) is 8.15. The summed E-state index contributed by atoms with van der Waals surface area (Å²) in [6.07, 6.45) is 0. The molecule has 4 N–H and O–H groups in total. The number of aromatic amines is 1. The van der Waals surface area contributed by atoms with Crippen LogP contribution in [-0.2, 0) is 0 Å². The maximum Gasteiger partial charge on any atom is 0.160 e. The third-order valence-corrected chi connectivity index (χ3v) is 3.95. The van der Waals surface area contributed by atoms with Gasteiger partial charge in [0.1, 0.15) is 5.75 Å². The van der Waals surface area contributed by atoms with Crippen LogP contribution in [-0.4, -0.2) is 42.9 Å². The standard InChI is InChI=1S/C16H14F2N2O.C3H7NOS/c1-19-15-6-9(3-4-16(15)21-2)13-7-10-5-11(17)12(18)8-14(10)20-13;5-2-1-4-3-6/h3-8,19-20H,1-2H3;3,5H,1-2H2,(H,4,6). The molecule has 27 heavy (non-hydrogen) atoms. The molecule has 2 aromatic carbocycles. The summed E-state index contributed by atoms with van der Waals surface area (Å²) in [6, 6.07) is 9.78. The number of aromatic nitrogens is 1. The normalized spacial score (nSPS) is 10.1. The largest absolute Gasteiger partial charge is 0.495 e. The number of hydrogen-bond donors (Lipinski definition) is 4. The fourth-order valence-corrected chi connectivity index (χ4v) is 2.59. The summed E-state index contributed by atoms with van der Waals surface area (Å²) in [7, 11) is 3.40. The van der Waals surface area contributed by atoms with Crippen molar-refractivity contribution in [2.75, 3.05) is 32.6 Å². The van der Waals surface area contributed by atoms with Gasteiger partial charge in [0, 0.05) is 41.8 Å². The first-order chi connectivity index (χ1) is 13.0. The number of fused-ring (bicyclic) bond motifs is 1. The smallest absolute Gasteiger partial charge is 0.160 e. The van der Waals surface area contributed by atoms with Crippen molar-refractivity contribution in [3.63, 3.8) is 0 Å². The quantitative estimate of drug-likeness (QED) is 0.380. The fraction of sp³-hybridized carbons (Fsp3) is 0.211. The Hall–Kier alpha value is -2.71. The van der Waals surface area contributed by atoms with Crippen LogP contribution in [0.25, 0.3) is 22.2 Å². The van der Waals surface area contributed by atoms with Crippen molar-refractivity contribution in [2.45, 2.75) is 0 Å². The molecule has 0 saturated heterocycles. The summed E-state index contributed by atoms with van der Waals surface area (Å²) in [5.74, 6) is -0.977. The van der Waals surface area contributed by atoms with E-state index in [-0.39, 0.29) is 6.61 Å². The molecule has 3 aromatic rings. The Balaban J connectivity index is 0.000000380. The average Bonchev–Trinajstić information content (AvgIpc) is 3.09. The Morgan fingerprint density at radius 1 is 1.19 bits per heavy atom. The van der Waals surface area contributed by atoms with Crippen molar-refractivity contribution < 1.29 is 18.6 Å². The third-order valence-electron chi connectivity index (χ3n) is 3.78. The second kappa shape index (κ2) is 9.84. The number of aliphatic hydroxyl groups excluding tert-OH is 1. The van der Waals surface area contributed by atoms with Crippen molar-refractivity contribution in [3.8, 4) is 17.0 Å². The zero-order valence-electron chi connectivity index (χ0n) is 15.0. The van der Waals surface area contributed by atoms with Crippen molar-refractivity contribution in [3.05, 3.63) is 48.0 Å². The average molecular weight is 393 g/mol. The SMILES string of the molecule is CNc1cc(-c2cc3cc(F)c(F)cc3[nH]2)ccc1OC.OCCNC=S. The van der Waals surface area contributed by atoms with Crippen LogP contribution >= 0.6 is 12.2 Å². The number of hydrogen-bond acceptors (Lipinski definition) is 4. The fourth-order valence-electron chi connectivity index (χ4n) is 2.48. The summed E-state index contributed by atoms with van der Waals surface area (Å²) >= 11 is 4.37. The van der Waals surface area contributed by atoms with E-state index < -0.39 is 11.6 Å². The van der Waals surface area contributed by atoms with Gasteiger partial charge in [0.05, 0.1) is 24.9 Å². The molecule has 1 aromatic heterocycles. The van der Waals surface area contributed by atoms with Gasteiger partial charge in [-0.05, 0) is 30.3 Å². The van der Waals surface area contributed by atoms with Crippen molar-refractivity contribution in [2.24, 2.45) is 0 Å². The molecule has 0 aliphatic heterocycles. The number of benzene rings is 2. The first kappa shape index (κ1) is 20.6. The lowest BCUT2D eigenvalue weighted by molar-refractivity contribution is 0.301. The number of aliphatic hydroxyl groups is 1. The van der Waals surface area contributed by atoms with E-state index in [1.807, 2.05) is 18.2 Å². The van der Waals surface area contributed by atoms with Crippen LogP contribution in [0.3, 0.4) is 0 Å². The monoisotopic (exact) mass is 393 g/mol. The van der Waals surface area contributed by atoms with E-state index >= 15 is 0 Å². The van der Waals surface area contributed by atoms with Gasteiger partial charge in [0.15, 0.2) is 11.6 Å². The lowest BCUT2D eigenvalue weighted by Gasteiger charge is -2.09. The molecule has 1 heterocycles. The minimum absolute atomic E-state index is 0.146. The molecular weight excluding hydrogens is 372 g/mol. The van der Waals surface area contributed by atoms with Gasteiger partial charge in [-0.3, -0.25) is 0 Å². The molecule has 144 valence electrons. The summed E-state index contributed by atoms with van der Waals surface area (Å²) < 4.78 is 31.8. The van der Waals surface area contributed by atoms with E-state index in [0.29, 0.717) is 17.4 Å². The molecular formula is C19H21F2N3O2S. The lowest BCUT2D eigenvalue weighted by atomic mass is 10.1. The minimum Gasteiger partial charge on any atom is -0.495 e. The highest BCUT2D eigenvalue weighted by molar-refractivity contribution is 7.78. The maximum absolute atomic E-state index is 13.3. The summed E-state index contributed by atoms with van der Waals surface area (Å²) in [4.78, 5) is 3.09. The summed E-state index contributed by atoms with van der Waals surface area (Å²) in [5, 5.41) is 14.4. The Kier molecular flexibility index (Phi) is 7.51. The number of nitrogens with one attached hydrogen (secondary N) is 3. The molecule has 0 atom stereocenters. The highest BCUT2D eigenvalue weighted by Gasteiger charge is 2.10. The Bertz CT molecular complexity index is 876. The molecule has 0 unspecified atom stereocenters. The van der Waals surface area contributed by atoms with Crippen molar-refractivity contribution in [1.82, 2.24) is 10.3 Å². The maximum atomic E-state index is 13.3. The van der Waals surface area contributed by atoms with Gasteiger partial charge in [-0.2, -0.15) is 0 Å². The molecule has 8 heteroatoms. The first-order valence-corrected chi connectivity index (χ1v) is 8.63. The van der Waals surface area contributed by atoms with Crippen LogP contribution < -0.4 is 15.4 Å². The molecule has 0 radical (unpaired) electrons. The van der Waals surface area contributed by atoms with Gasteiger partial charge in [0.25, 0.3) is 0 Å². The summed E-state index contributed by atoms with van der Waals surface area (Å²) in [5.41, 5.74) is 4.47. The van der Waals surface area contributed by atoms with Crippen LogP contribution in [0.15, 0.2) is 36.4 Å².